The maximum absolute atomic E-state index is 6.34. The van der Waals surface area contributed by atoms with Gasteiger partial charge in [0.1, 0.15) is 0 Å². The van der Waals surface area contributed by atoms with Crippen LogP contribution in [-0.4, -0.2) is 20.8 Å². The molecule has 0 aliphatic heterocycles. The Bertz CT molecular complexity index is 573. The third-order valence-corrected chi connectivity index (χ3v) is 3.73. The van der Waals surface area contributed by atoms with E-state index in [4.69, 9.17) is 21.1 Å². The minimum absolute atomic E-state index is 0.585. The molecule has 0 spiro atoms. The van der Waals surface area contributed by atoms with Crippen LogP contribution in [0.15, 0.2) is 42.5 Å². The summed E-state index contributed by atoms with van der Waals surface area (Å²) >= 11 is 6.34. The fraction of sp³-hybridized carbons (Fsp3) is 0.294. The molecule has 0 bridgehead atoms. The highest BCUT2D eigenvalue weighted by atomic mass is 35.5. The molecule has 4 heteroatoms. The summed E-state index contributed by atoms with van der Waals surface area (Å²) < 4.78 is 10.5. The Hall–Kier alpha value is -1.71. The van der Waals surface area contributed by atoms with Crippen LogP contribution < -0.4 is 14.8 Å². The summed E-state index contributed by atoms with van der Waals surface area (Å²) in [6.45, 7) is 1.60. The molecule has 0 atom stereocenters. The first-order chi connectivity index (χ1) is 10.3. The lowest BCUT2D eigenvalue weighted by molar-refractivity contribution is 0.354. The number of hydrogen-bond acceptors (Lipinski definition) is 3. The third kappa shape index (κ3) is 4.13. The number of nitrogens with one attached hydrogen (secondary N) is 1. The molecule has 21 heavy (non-hydrogen) atoms. The van der Waals surface area contributed by atoms with Crippen molar-refractivity contribution in [1.29, 1.82) is 0 Å². The van der Waals surface area contributed by atoms with Gasteiger partial charge in [-0.15, -0.1) is 0 Å². The second-order valence-electron chi connectivity index (χ2n) is 4.69. The maximum atomic E-state index is 6.34. The van der Waals surface area contributed by atoms with Gasteiger partial charge in [0.05, 0.1) is 19.2 Å². The molecule has 3 nitrogen and oxygen atoms in total. The van der Waals surface area contributed by atoms with Crippen molar-refractivity contribution in [3.05, 3.63) is 58.6 Å². The molecule has 2 rings (SSSR count). The fourth-order valence-corrected chi connectivity index (χ4v) is 2.47. The number of methoxy groups -OCH3 is 2. The van der Waals surface area contributed by atoms with E-state index in [1.807, 2.05) is 18.2 Å². The smallest absolute Gasteiger partial charge is 0.179 e. The highest BCUT2D eigenvalue weighted by molar-refractivity contribution is 6.33. The summed E-state index contributed by atoms with van der Waals surface area (Å²) in [4.78, 5) is 0. The number of ether oxygens (including phenoxy) is 2. The van der Waals surface area contributed by atoms with Gasteiger partial charge in [0.25, 0.3) is 0 Å². The Morgan fingerprint density at radius 1 is 1.00 bits per heavy atom. The van der Waals surface area contributed by atoms with Crippen molar-refractivity contribution in [2.75, 3.05) is 20.8 Å². The molecule has 112 valence electrons. The van der Waals surface area contributed by atoms with Crippen LogP contribution in [0.5, 0.6) is 11.5 Å². The topological polar surface area (TPSA) is 30.5 Å². The van der Waals surface area contributed by atoms with Crippen LogP contribution in [0.1, 0.15) is 11.1 Å². The molecule has 1 N–H and O–H groups in total. The zero-order valence-corrected chi connectivity index (χ0v) is 13.1. The zero-order valence-electron chi connectivity index (χ0n) is 12.4. The lowest BCUT2D eigenvalue weighted by Crippen LogP contribution is -2.17. The van der Waals surface area contributed by atoms with Crippen molar-refractivity contribution in [3.8, 4) is 11.5 Å². The first-order valence-electron chi connectivity index (χ1n) is 6.90. The predicted molar refractivity (Wildman–Crippen MR) is 86.4 cm³/mol. The van der Waals surface area contributed by atoms with E-state index in [0.29, 0.717) is 23.1 Å². The molecule has 0 unspecified atom stereocenters. The number of benzene rings is 2. The van der Waals surface area contributed by atoms with E-state index >= 15 is 0 Å². The SMILES string of the molecule is COc1ccc(CNCCc2ccccc2)c(Cl)c1OC. The van der Waals surface area contributed by atoms with Gasteiger partial charge < -0.3 is 14.8 Å². The highest BCUT2D eigenvalue weighted by Crippen LogP contribution is 2.37. The van der Waals surface area contributed by atoms with Crippen molar-refractivity contribution in [1.82, 2.24) is 5.32 Å². The fourth-order valence-electron chi connectivity index (χ4n) is 2.17. The van der Waals surface area contributed by atoms with E-state index in [1.54, 1.807) is 14.2 Å². The molecule has 0 aromatic heterocycles. The van der Waals surface area contributed by atoms with Crippen LogP contribution >= 0.6 is 11.6 Å². The standard InChI is InChI=1S/C17H20ClNO2/c1-20-15-9-8-14(16(18)17(15)21-2)12-19-11-10-13-6-4-3-5-7-13/h3-9,19H,10-12H2,1-2H3. The Morgan fingerprint density at radius 3 is 2.43 bits per heavy atom. The minimum atomic E-state index is 0.585. The number of halogens is 1. The molecule has 0 saturated heterocycles. The van der Waals surface area contributed by atoms with E-state index in [9.17, 15) is 0 Å². The molecule has 0 amide bonds. The van der Waals surface area contributed by atoms with Crippen molar-refractivity contribution < 1.29 is 9.47 Å². The Kier molecular flexibility index (Phi) is 5.90. The molecular weight excluding hydrogens is 286 g/mol. The van der Waals surface area contributed by atoms with Crippen LogP contribution in [0.2, 0.25) is 5.02 Å². The quantitative estimate of drug-likeness (QED) is 0.791. The van der Waals surface area contributed by atoms with Crippen molar-refractivity contribution in [3.63, 3.8) is 0 Å². The Balaban J connectivity index is 1.91. The maximum Gasteiger partial charge on any atom is 0.179 e. The molecule has 0 aliphatic rings. The van der Waals surface area contributed by atoms with Gasteiger partial charge in [-0.1, -0.05) is 48.0 Å². The summed E-state index contributed by atoms with van der Waals surface area (Å²) in [5.74, 6) is 1.23. The normalized spacial score (nSPS) is 10.4. The van der Waals surface area contributed by atoms with Crippen LogP contribution in [0.25, 0.3) is 0 Å². The third-order valence-electron chi connectivity index (χ3n) is 3.31. The van der Waals surface area contributed by atoms with Gasteiger partial charge in [-0.3, -0.25) is 0 Å². The van der Waals surface area contributed by atoms with Gasteiger partial charge in [-0.25, -0.2) is 0 Å². The summed E-state index contributed by atoms with van der Waals surface area (Å²) in [5.41, 5.74) is 2.32. The molecule has 0 radical (unpaired) electrons. The van der Waals surface area contributed by atoms with Gasteiger partial charge in [0.2, 0.25) is 0 Å². The predicted octanol–water partition coefficient (Wildman–Crippen LogP) is 3.69. The van der Waals surface area contributed by atoms with Crippen molar-refractivity contribution in [2.45, 2.75) is 13.0 Å². The summed E-state index contributed by atoms with van der Waals surface area (Å²) in [6.07, 6.45) is 0.992. The van der Waals surface area contributed by atoms with Gasteiger partial charge in [-0.05, 0) is 30.2 Å². The zero-order chi connectivity index (χ0) is 15.1. The van der Waals surface area contributed by atoms with Gasteiger partial charge in [-0.2, -0.15) is 0 Å². The Labute approximate surface area is 130 Å². The monoisotopic (exact) mass is 305 g/mol. The summed E-state index contributed by atoms with van der Waals surface area (Å²) in [6, 6.07) is 14.2. The molecule has 2 aromatic rings. The summed E-state index contributed by atoms with van der Waals surface area (Å²) in [7, 11) is 3.20. The van der Waals surface area contributed by atoms with Crippen LogP contribution in [0, 0.1) is 0 Å². The number of rotatable bonds is 7. The van der Waals surface area contributed by atoms with Crippen LogP contribution in [0.4, 0.5) is 0 Å². The second-order valence-corrected chi connectivity index (χ2v) is 5.06. The molecular formula is C17H20ClNO2. The van der Waals surface area contributed by atoms with E-state index < -0.39 is 0 Å². The van der Waals surface area contributed by atoms with E-state index in [0.717, 1.165) is 18.5 Å². The van der Waals surface area contributed by atoms with E-state index in [-0.39, 0.29) is 0 Å². The second kappa shape index (κ2) is 7.91. The van der Waals surface area contributed by atoms with Gasteiger partial charge in [0.15, 0.2) is 11.5 Å². The molecule has 2 aromatic carbocycles. The lowest BCUT2D eigenvalue weighted by atomic mass is 10.1. The van der Waals surface area contributed by atoms with Crippen LogP contribution in [0.3, 0.4) is 0 Å². The average molecular weight is 306 g/mol. The van der Waals surface area contributed by atoms with Gasteiger partial charge >= 0.3 is 0 Å². The van der Waals surface area contributed by atoms with E-state index in [2.05, 4.69) is 29.6 Å². The highest BCUT2D eigenvalue weighted by Gasteiger charge is 2.12. The molecule has 0 fully saturated rings. The Morgan fingerprint density at radius 2 is 1.76 bits per heavy atom. The lowest BCUT2D eigenvalue weighted by Gasteiger charge is -2.13. The van der Waals surface area contributed by atoms with Crippen molar-refractivity contribution in [2.24, 2.45) is 0 Å². The van der Waals surface area contributed by atoms with E-state index in [1.165, 1.54) is 5.56 Å². The largest absolute Gasteiger partial charge is 0.493 e. The first kappa shape index (κ1) is 15.7. The molecule has 0 heterocycles. The summed E-state index contributed by atoms with van der Waals surface area (Å²) in [5, 5.41) is 4.00. The van der Waals surface area contributed by atoms with Crippen molar-refractivity contribution >= 4 is 11.6 Å². The van der Waals surface area contributed by atoms with Gasteiger partial charge in [0, 0.05) is 6.54 Å². The minimum Gasteiger partial charge on any atom is -0.493 e. The first-order valence-corrected chi connectivity index (χ1v) is 7.28. The average Bonchev–Trinajstić information content (AvgIpc) is 2.53. The number of hydrogen-bond donors (Lipinski definition) is 1. The van der Waals surface area contributed by atoms with Crippen LogP contribution in [-0.2, 0) is 13.0 Å². The molecule has 0 saturated carbocycles. The molecule has 0 aliphatic carbocycles.